The Kier molecular flexibility index (Phi) is 7.65. The summed E-state index contributed by atoms with van der Waals surface area (Å²) in [6.07, 6.45) is 3.76. The third kappa shape index (κ3) is 5.00. The molecule has 69 heavy (non-hydrogen) atoms. The lowest BCUT2D eigenvalue weighted by Gasteiger charge is -2.39. The van der Waals surface area contributed by atoms with Crippen LogP contribution in [0.15, 0.2) is 210 Å². The smallest absolute Gasteiger partial charge is 0.0991 e. The maximum atomic E-state index is 10.3. The topological polar surface area (TPSA) is 88.1 Å². The van der Waals surface area contributed by atoms with Crippen molar-refractivity contribution in [2.24, 2.45) is 0 Å². The molecule has 15 rings (SSSR count). The molecule has 318 valence electrons. The van der Waals surface area contributed by atoms with Gasteiger partial charge in [0.05, 0.1) is 73.2 Å². The van der Waals surface area contributed by atoms with Gasteiger partial charge < -0.3 is 13.7 Å². The zero-order valence-corrected chi connectivity index (χ0v) is 37.4. The second-order valence-electron chi connectivity index (χ2n) is 18.0. The maximum Gasteiger partial charge on any atom is 0.0991 e. The highest BCUT2D eigenvalue weighted by atomic mass is 32.2. The number of nitrogens with zero attached hydrogens (tertiary/aromatic N) is 7. The molecule has 1 aliphatic heterocycles. The van der Waals surface area contributed by atoms with Gasteiger partial charge in [-0.15, -0.1) is 0 Å². The normalized spacial score (nSPS) is 13.2. The highest BCUT2D eigenvalue weighted by molar-refractivity contribution is 7.99. The Hall–Kier alpha value is -9.21. The first-order chi connectivity index (χ1) is 34.1. The quantitative estimate of drug-likeness (QED) is 0.176. The molecule has 0 amide bonds. The number of pyridine rings is 2. The van der Waals surface area contributed by atoms with Gasteiger partial charge in [0.25, 0.3) is 0 Å². The van der Waals surface area contributed by atoms with Crippen molar-refractivity contribution in [1.29, 1.82) is 10.5 Å². The van der Waals surface area contributed by atoms with Crippen molar-refractivity contribution in [1.82, 2.24) is 23.7 Å². The second-order valence-corrected chi connectivity index (χ2v) is 19.0. The SMILES string of the molecule is N#Cc1ccc2c(c1)c1ccccc1n2-c1ccc2c(c1)c1cc(C#N)ccc1n2-c1ccc2c(c1)C1(c3cc(-n4c5ccccc5c5ccccc54)ccc3S2)c2cccnc2-c2ncccc21. The van der Waals surface area contributed by atoms with Crippen molar-refractivity contribution in [2.45, 2.75) is 15.2 Å². The Bertz CT molecular complexity index is 4420. The summed E-state index contributed by atoms with van der Waals surface area (Å²) < 4.78 is 7.04. The molecule has 2 aliphatic rings. The minimum Gasteiger partial charge on any atom is -0.309 e. The number of hydrogen-bond donors (Lipinski definition) is 0. The predicted octanol–water partition coefficient (Wildman–Crippen LogP) is 14.3. The Morgan fingerprint density at radius 1 is 0.362 bits per heavy atom. The summed E-state index contributed by atoms with van der Waals surface area (Å²) in [5.74, 6) is 0. The van der Waals surface area contributed by atoms with Gasteiger partial charge in [-0.25, -0.2) is 0 Å². The molecule has 0 radical (unpaired) electrons. The number of rotatable bonds is 3. The molecular weight excluding hydrogens is 863 g/mol. The van der Waals surface area contributed by atoms with Crippen LogP contribution < -0.4 is 0 Å². The lowest BCUT2D eigenvalue weighted by atomic mass is 9.67. The Balaban J connectivity index is 0.995. The third-order valence-corrected chi connectivity index (χ3v) is 15.8. The molecule has 13 aromatic rings. The number of benzene rings is 8. The van der Waals surface area contributed by atoms with E-state index in [2.05, 4.69) is 177 Å². The van der Waals surface area contributed by atoms with Crippen LogP contribution in [0, 0.1) is 22.7 Å². The van der Waals surface area contributed by atoms with Gasteiger partial charge in [-0.3, -0.25) is 9.97 Å². The first-order valence-electron chi connectivity index (χ1n) is 22.9. The van der Waals surface area contributed by atoms with E-state index >= 15 is 0 Å². The van der Waals surface area contributed by atoms with Crippen LogP contribution >= 0.6 is 11.8 Å². The fraction of sp³-hybridized carbons (Fsp3) is 0.0164. The van der Waals surface area contributed by atoms with Crippen molar-refractivity contribution in [3.05, 3.63) is 234 Å². The molecule has 0 atom stereocenters. The number of aromatic nitrogens is 5. The number of fused-ring (bicyclic) bond motifs is 18. The maximum absolute atomic E-state index is 10.3. The average Bonchev–Trinajstić information content (AvgIpc) is 4.12. The first kappa shape index (κ1) is 38.0. The van der Waals surface area contributed by atoms with Crippen molar-refractivity contribution in [3.63, 3.8) is 0 Å². The average molecular weight is 896 g/mol. The molecule has 0 N–H and O–H groups in total. The van der Waals surface area contributed by atoms with Gasteiger partial charge in [0.1, 0.15) is 0 Å². The Morgan fingerprint density at radius 3 is 1.25 bits per heavy atom. The monoisotopic (exact) mass is 895 g/mol. The molecule has 5 aromatic heterocycles. The fourth-order valence-corrected chi connectivity index (χ4v) is 13.0. The highest BCUT2D eigenvalue weighted by Crippen LogP contribution is 2.62. The van der Waals surface area contributed by atoms with E-state index in [4.69, 9.17) is 9.97 Å². The van der Waals surface area contributed by atoms with Gasteiger partial charge in [-0.05, 0) is 144 Å². The minimum absolute atomic E-state index is 0.600. The molecule has 6 heterocycles. The Labute approximate surface area is 399 Å². The van der Waals surface area contributed by atoms with Gasteiger partial charge in [-0.1, -0.05) is 78.5 Å². The minimum atomic E-state index is -0.754. The second kappa shape index (κ2) is 13.9. The van der Waals surface area contributed by atoms with Crippen molar-refractivity contribution >= 4 is 77.2 Å². The van der Waals surface area contributed by atoms with E-state index in [0.29, 0.717) is 11.1 Å². The molecule has 8 aromatic carbocycles. The summed E-state index contributed by atoms with van der Waals surface area (Å²) in [4.78, 5) is 12.5. The number of para-hydroxylation sites is 3. The molecule has 8 heteroatoms. The fourth-order valence-electron chi connectivity index (χ4n) is 11.9. The molecule has 1 aliphatic carbocycles. The number of nitriles is 2. The van der Waals surface area contributed by atoms with E-state index in [9.17, 15) is 10.5 Å². The van der Waals surface area contributed by atoms with E-state index in [1.807, 2.05) is 60.6 Å². The standard InChI is InChI=1S/C61H33N7S/c62-34-36-17-22-54-44(29-36)43-11-3-6-16-53(43)66(54)38-19-24-56-46(31-38)45-30-37(35-63)18-23-55(45)68(56)40-21-26-58-50(33-40)61(47-12-7-27-64-59(47)60-48(61)13-8-28-65-60)49-32-39(20-25-57(49)69-58)67-51-14-4-1-9-41(51)42-10-2-5-15-52(42)67/h1-33H. The summed E-state index contributed by atoms with van der Waals surface area (Å²) in [5.41, 5.74) is 16.4. The zero-order chi connectivity index (χ0) is 45.5. The molecule has 7 nitrogen and oxygen atoms in total. The molecule has 0 bridgehead atoms. The van der Waals surface area contributed by atoms with Crippen LogP contribution in [-0.4, -0.2) is 23.7 Å². The summed E-state index contributed by atoms with van der Waals surface area (Å²) >= 11 is 1.81. The molecule has 0 fully saturated rings. The first-order valence-corrected chi connectivity index (χ1v) is 23.7. The van der Waals surface area contributed by atoms with E-state index in [-0.39, 0.29) is 0 Å². The van der Waals surface area contributed by atoms with Gasteiger partial charge in [0.2, 0.25) is 0 Å². The van der Waals surface area contributed by atoms with Crippen molar-refractivity contribution in [3.8, 4) is 40.6 Å². The van der Waals surface area contributed by atoms with Crippen LogP contribution in [0.1, 0.15) is 33.4 Å². The van der Waals surface area contributed by atoms with Crippen LogP contribution in [0.5, 0.6) is 0 Å². The van der Waals surface area contributed by atoms with Crippen LogP contribution in [0.4, 0.5) is 0 Å². The van der Waals surface area contributed by atoms with E-state index in [1.165, 1.54) is 31.7 Å². The van der Waals surface area contributed by atoms with Crippen molar-refractivity contribution in [2.75, 3.05) is 0 Å². The molecular formula is C61H33N7S. The summed E-state index contributed by atoms with van der Waals surface area (Å²) in [7, 11) is 0. The summed E-state index contributed by atoms with van der Waals surface area (Å²) in [6.45, 7) is 0. The molecule has 0 unspecified atom stereocenters. The van der Waals surface area contributed by atoms with Crippen LogP contribution in [0.2, 0.25) is 0 Å². The van der Waals surface area contributed by atoms with E-state index in [1.54, 1.807) is 0 Å². The Morgan fingerprint density at radius 2 is 0.754 bits per heavy atom. The summed E-state index contributed by atoms with van der Waals surface area (Å²) in [6, 6.07) is 71.6. The van der Waals surface area contributed by atoms with E-state index < -0.39 is 5.41 Å². The van der Waals surface area contributed by atoms with Crippen LogP contribution in [-0.2, 0) is 5.41 Å². The van der Waals surface area contributed by atoms with Crippen LogP contribution in [0.3, 0.4) is 0 Å². The van der Waals surface area contributed by atoms with Gasteiger partial charge in [0.15, 0.2) is 0 Å². The third-order valence-electron chi connectivity index (χ3n) is 14.6. The largest absolute Gasteiger partial charge is 0.309 e. The molecule has 0 saturated heterocycles. The summed E-state index contributed by atoms with van der Waals surface area (Å²) in [5, 5.41) is 26.7. The predicted molar refractivity (Wildman–Crippen MR) is 276 cm³/mol. The van der Waals surface area contributed by atoms with Crippen LogP contribution in [0.25, 0.3) is 93.9 Å². The molecule has 1 spiro atoms. The molecule has 0 saturated carbocycles. The van der Waals surface area contributed by atoms with E-state index in [0.717, 1.165) is 94.2 Å². The highest BCUT2D eigenvalue weighted by Gasteiger charge is 2.52. The van der Waals surface area contributed by atoms with Crippen molar-refractivity contribution < 1.29 is 0 Å². The van der Waals surface area contributed by atoms with Gasteiger partial charge >= 0.3 is 0 Å². The van der Waals surface area contributed by atoms with Gasteiger partial charge in [0, 0.05) is 71.6 Å². The lowest BCUT2D eigenvalue weighted by molar-refractivity contribution is 0.717. The lowest BCUT2D eigenvalue weighted by Crippen LogP contribution is -2.32. The number of hydrogen-bond acceptors (Lipinski definition) is 5. The van der Waals surface area contributed by atoms with Gasteiger partial charge in [-0.2, -0.15) is 10.5 Å². The zero-order valence-electron chi connectivity index (χ0n) is 36.6.